The fourth-order valence-corrected chi connectivity index (χ4v) is 2.42. The first-order valence-electron chi connectivity index (χ1n) is 7.29. The molecular formula is C17H20FNO3. The lowest BCUT2D eigenvalue weighted by Gasteiger charge is -2.17. The minimum absolute atomic E-state index is 0.0249. The van der Waals surface area contributed by atoms with E-state index in [0.29, 0.717) is 35.7 Å². The summed E-state index contributed by atoms with van der Waals surface area (Å²) in [7, 11) is 0. The summed E-state index contributed by atoms with van der Waals surface area (Å²) >= 11 is 0. The van der Waals surface area contributed by atoms with Gasteiger partial charge >= 0.3 is 5.97 Å². The van der Waals surface area contributed by atoms with Crippen LogP contribution in [-0.4, -0.2) is 29.1 Å². The molecule has 0 fully saturated rings. The summed E-state index contributed by atoms with van der Waals surface area (Å²) in [6.07, 6.45) is 0.865. The van der Waals surface area contributed by atoms with E-state index < -0.39 is 5.97 Å². The van der Waals surface area contributed by atoms with Gasteiger partial charge in [-0.2, -0.15) is 0 Å². The molecule has 1 N–H and O–H groups in total. The molecule has 0 amide bonds. The van der Waals surface area contributed by atoms with Crippen molar-refractivity contribution in [2.24, 2.45) is 0 Å². The van der Waals surface area contributed by atoms with E-state index in [9.17, 15) is 9.18 Å². The van der Waals surface area contributed by atoms with E-state index in [2.05, 4.69) is 0 Å². The van der Waals surface area contributed by atoms with Crippen LogP contribution in [0.25, 0.3) is 11.3 Å². The van der Waals surface area contributed by atoms with Gasteiger partial charge in [0.15, 0.2) is 0 Å². The SMILES string of the molecule is CCCN(CC(=O)O)Cc1ccc(-c2cccc(F)c2C)o1. The summed E-state index contributed by atoms with van der Waals surface area (Å²) in [5.74, 6) is 0.141. The topological polar surface area (TPSA) is 53.7 Å². The Morgan fingerprint density at radius 1 is 1.32 bits per heavy atom. The summed E-state index contributed by atoms with van der Waals surface area (Å²) in [6, 6.07) is 8.47. The molecule has 0 spiro atoms. The third kappa shape index (κ3) is 3.95. The molecule has 2 aromatic rings. The Kier molecular flexibility index (Phi) is 5.33. The molecule has 2 rings (SSSR count). The second kappa shape index (κ2) is 7.22. The molecule has 1 aromatic carbocycles. The van der Waals surface area contributed by atoms with E-state index in [0.717, 1.165) is 6.42 Å². The molecule has 22 heavy (non-hydrogen) atoms. The lowest BCUT2D eigenvalue weighted by molar-refractivity contribution is -0.138. The Balaban J connectivity index is 2.16. The number of carboxylic acids is 1. The molecule has 1 aromatic heterocycles. The highest BCUT2D eigenvalue weighted by Crippen LogP contribution is 2.27. The highest BCUT2D eigenvalue weighted by molar-refractivity contribution is 5.69. The van der Waals surface area contributed by atoms with Gasteiger partial charge in [-0.05, 0) is 43.7 Å². The number of hydrogen-bond donors (Lipinski definition) is 1. The molecule has 1 heterocycles. The van der Waals surface area contributed by atoms with Crippen LogP contribution in [-0.2, 0) is 11.3 Å². The average molecular weight is 305 g/mol. The van der Waals surface area contributed by atoms with Crippen molar-refractivity contribution in [3.05, 3.63) is 47.5 Å². The van der Waals surface area contributed by atoms with E-state index >= 15 is 0 Å². The summed E-state index contributed by atoms with van der Waals surface area (Å²) in [5.41, 5.74) is 1.26. The summed E-state index contributed by atoms with van der Waals surface area (Å²) in [5, 5.41) is 8.92. The molecular weight excluding hydrogens is 285 g/mol. The van der Waals surface area contributed by atoms with Gasteiger partial charge in [-0.15, -0.1) is 0 Å². The van der Waals surface area contributed by atoms with Crippen molar-refractivity contribution in [3.8, 4) is 11.3 Å². The quantitative estimate of drug-likeness (QED) is 0.847. The normalized spacial score (nSPS) is 11.1. The molecule has 0 radical (unpaired) electrons. The van der Waals surface area contributed by atoms with Gasteiger partial charge in [-0.1, -0.05) is 19.1 Å². The van der Waals surface area contributed by atoms with E-state index in [4.69, 9.17) is 9.52 Å². The van der Waals surface area contributed by atoms with E-state index in [-0.39, 0.29) is 12.4 Å². The molecule has 4 nitrogen and oxygen atoms in total. The second-order valence-corrected chi connectivity index (χ2v) is 5.28. The van der Waals surface area contributed by atoms with Crippen molar-refractivity contribution in [3.63, 3.8) is 0 Å². The van der Waals surface area contributed by atoms with Gasteiger partial charge in [-0.25, -0.2) is 4.39 Å². The van der Waals surface area contributed by atoms with Crippen molar-refractivity contribution in [1.82, 2.24) is 4.90 Å². The molecule has 0 saturated heterocycles. The number of benzene rings is 1. The van der Waals surface area contributed by atoms with E-state index in [1.165, 1.54) is 6.07 Å². The van der Waals surface area contributed by atoms with Crippen molar-refractivity contribution >= 4 is 5.97 Å². The maximum absolute atomic E-state index is 13.6. The van der Waals surface area contributed by atoms with E-state index in [1.54, 1.807) is 19.1 Å². The molecule has 0 atom stereocenters. The van der Waals surface area contributed by atoms with Crippen LogP contribution >= 0.6 is 0 Å². The number of rotatable bonds is 7. The van der Waals surface area contributed by atoms with Crippen LogP contribution in [0.3, 0.4) is 0 Å². The predicted octanol–water partition coefficient (Wildman–Crippen LogP) is 3.69. The molecule has 0 aliphatic carbocycles. The highest BCUT2D eigenvalue weighted by Gasteiger charge is 2.14. The van der Waals surface area contributed by atoms with E-state index in [1.807, 2.05) is 24.0 Å². The lowest BCUT2D eigenvalue weighted by atomic mass is 10.1. The smallest absolute Gasteiger partial charge is 0.317 e. The van der Waals surface area contributed by atoms with Gasteiger partial charge in [0.05, 0.1) is 13.1 Å². The molecule has 0 saturated carbocycles. The first-order valence-corrected chi connectivity index (χ1v) is 7.29. The van der Waals surface area contributed by atoms with Gasteiger partial charge in [0, 0.05) is 5.56 Å². The number of furan rings is 1. The molecule has 0 unspecified atom stereocenters. The van der Waals surface area contributed by atoms with Crippen LogP contribution < -0.4 is 0 Å². The molecule has 0 aliphatic heterocycles. The molecule has 118 valence electrons. The van der Waals surface area contributed by atoms with Crippen molar-refractivity contribution < 1.29 is 18.7 Å². The number of nitrogens with zero attached hydrogens (tertiary/aromatic N) is 1. The molecule has 0 aliphatic rings. The number of carboxylic acid groups (broad SMARTS) is 1. The highest BCUT2D eigenvalue weighted by atomic mass is 19.1. The van der Waals surface area contributed by atoms with Crippen LogP contribution in [0.4, 0.5) is 4.39 Å². The Morgan fingerprint density at radius 3 is 2.77 bits per heavy atom. The third-order valence-electron chi connectivity index (χ3n) is 3.47. The summed E-state index contributed by atoms with van der Waals surface area (Å²) < 4.78 is 19.4. The van der Waals surface area contributed by atoms with Gasteiger partial charge in [-0.3, -0.25) is 9.69 Å². The largest absolute Gasteiger partial charge is 0.480 e. The van der Waals surface area contributed by atoms with Crippen LogP contribution in [0.1, 0.15) is 24.7 Å². The van der Waals surface area contributed by atoms with Crippen molar-refractivity contribution in [1.29, 1.82) is 0 Å². The minimum Gasteiger partial charge on any atom is -0.480 e. The van der Waals surface area contributed by atoms with Crippen LogP contribution in [0.5, 0.6) is 0 Å². The fraction of sp³-hybridized carbons (Fsp3) is 0.353. The van der Waals surface area contributed by atoms with Crippen LogP contribution in [0.15, 0.2) is 34.7 Å². The maximum atomic E-state index is 13.6. The standard InChI is InChI=1S/C17H20FNO3/c1-3-9-19(11-17(20)21)10-13-7-8-16(22-13)14-5-4-6-15(18)12(14)2/h4-8H,3,9-11H2,1-2H3,(H,20,21). The average Bonchev–Trinajstić information content (AvgIpc) is 2.89. The van der Waals surface area contributed by atoms with Crippen LogP contribution in [0, 0.1) is 12.7 Å². The summed E-state index contributed by atoms with van der Waals surface area (Å²) in [4.78, 5) is 12.7. The van der Waals surface area contributed by atoms with Gasteiger partial charge in [0.25, 0.3) is 0 Å². The zero-order valence-corrected chi connectivity index (χ0v) is 12.8. The van der Waals surface area contributed by atoms with Crippen molar-refractivity contribution in [2.75, 3.05) is 13.1 Å². The zero-order chi connectivity index (χ0) is 16.1. The summed E-state index contributed by atoms with van der Waals surface area (Å²) in [6.45, 7) is 4.79. The van der Waals surface area contributed by atoms with Crippen LogP contribution in [0.2, 0.25) is 0 Å². The Morgan fingerprint density at radius 2 is 2.09 bits per heavy atom. The van der Waals surface area contributed by atoms with Gasteiger partial charge in [0.1, 0.15) is 17.3 Å². The Labute approximate surface area is 129 Å². The predicted molar refractivity (Wildman–Crippen MR) is 82.0 cm³/mol. The molecule has 5 heteroatoms. The first-order chi connectivity index (χ1) is 10.5. The third-order valence-corrected chi connectivity index (χ3v) is 3.47. The lowest BCUT2D eigenvalue weighted by Crippen LogP contribution is -2.29. The first kappa shape index (κ1) is 16.2. The Hall–Kier alpha value is -2.14. The number of hydrogen-bond acceptors (Lipinski definition) is 3. The molecule has 0 bridgehead atoms. The number of aliphatic carboxylic acids is 1. The zero-order valence-electron chi connectivity index (χ0n) is 12.8. The Bertz CT molecular complexity index is 651. The number of carbonyl (C=O) groups is 1. The fourth-order valence-electron chi connectivity index (χ4n) is 2.42. The van der Waals surface area contributed by atoms with Crippen molar-refractivity contribution in [2.45, 2.75) is 26.8 Å². The monoisotopic (exact) mass is 305 g/mol. The minimum atomic E-state index is -0.860. The maximum Gasteiger partial charge on any atom is 0.317 e. The second-order valence-electron chi connectivity index (χ2n) is 5.28. The van der Waals surface area contributed by atoms with Gasteiger partial charge < -0.3 is 9.52 Å². The number of halogens is 1. The van der Waals surface area contributed by atoms with Gasteiger partial charge in [0.2, 0.25) is 0 Å².